The second kappa shape index (κ2) is 9.67. The minimum atomic E-state index is -0.888. The third-order valence-corrected chi connectivity index (χ3v) is 6.13. The van der Waals surface area contributed by atoms with Crippen molar-refractivity contribution in [1.82, 2.24) is 25.1 Å². The second-order valence-electron chi connectivity index (χ2n) is 8.35. The van der Waals surface area contributed by atoms with Crippen molar-refractivity contribution >= 4 is 11.8 Å². The molecule has 1 atom stereocenters. The highest BCUT2D eigenvalue weighted by Gasteiger charge is 2.34. The Bertz CT molecular complexity index is 1110. The number of anilines is 1. The summed E-state index contributed by atoms with van der Waals surface area (Å²) in [6.07, 6.45) is 3.45. The lowest BCUT2D eigenvalue weighted by atomic mass is 9.96. The average Bonchev–Trinajstić information content (AvgIpc) is 3.61. The normalized spacial score (nSPS) is 17.8. The predicted molar refractivity (Wildman–Crippen MR) is 115 cm³/mol. The van der Waals surface area contributed by atoms with E-state index in [2.05, 4.69) is 15.5 Å². The summed E-state index contributed by atoms with van der Waals surface area (Å²) < 4.78 is 32.6. The number of carbonyl (C=O) groups is 1. The van der Waals surface area contributed by atoms with Gasteiger partial charge in [-0.2, -0.15) is 0 Å². The average molecular weight is 472 g/mol. The molecule has 2 aromatic heterocycles. The number of aliphatic hydroxyl groups excluding tert-OH is 1. The van der Waals surface area contributed by atoms with Crippen LogP contribution in [0.25, 0.3) is 0 Å². The molecule has 0 unspecified atom stereocenters. The summed E-state index contributed by atoms with van der Waals surface area (Å²) in [5.41, 5.74) is 1.53. The lowest BCUT2D eigenvalue weighted by Crippen LogP contribution is -2.36. The number of amides is 1. The van der Waals surface area contributed by atoms with Crippen molar-refractivity contribution in [3.05, 3.63) is 53.8 Å². The first-order chi connectivity index (χ1) is 16.6. The molecule has 0 saturated carbocycles. The van der Waals surface area contributed by atoms with Crippen LogP contribution in [0.15, 0.2) is 41.2 Å². The van der Waals surface area contributed by atoms with E-state index in [1.54, 1.807) is 23.0 Å². The Hall–Kier alpha value is -3.67. The minimum Gasteiger partial charge on any atom is -0.447 e. The molecule has 4 heterocycles. The summed E-state index contributed by atoms with van der Waals surface area (Å²) in [4.78, 5) is 15.6. The first kappa shape index (κ1) is 22.1. The molecule has 0 aliphatic carbocycles. The maximum atomic E-state index is 15.2. The van der Waals surface area contributed by atoms with Crippen LogP contribution in [0, 0.1) is 11.7 Å². The fourth-order valence-corrected chi connectivity index (χ4v) is 4.36. The number of aromatic nitrogens is 4. The maximum absolute atomic E-state index is 15.2. The van der Waals surface area contributed by atoms with Crippen molar-refractivity contribution in [3.8, 4) is 5.88 Å². The van der Waals surface area contributed by atoms with Gasteiger partial charge in [0.1, 0.15) is 24.4 Å². The molecular weight excluding hydrogens is 447 g/mol. The van der Waals surface area contributed by atoms with Gasteiger partial charge in [0.2, 0.25) is 6.23 Å². The Kier molecular flexibility index (Phi) is 6.30. The molecule has 11 nitrogen and oxygen atoms in total. The van der Waals surface area contributed by atoms with Gasteiger partial charge < -0.3 is 24.0 Å². The number of hydrogen-bond donors (Lipinski definition) is 1. The molecule has 1 aromatic carbocycles. The van der Waals surface area contributed by atoms with Crippen molar-refractivity contribution in [2.24, 2.45) is 5.92 Å². The molecule has 5 rings (SSSR count). The highest BCUT2D eigenvalue weighted by atomic mass is 19.1. The van der Waals surface area contributed by atoms with Crippen molar-refractivity contribution in [1.29, 1.82) is 0 Å². The maximum Gasteiger partial charge on any atom is 0.413 e. The fraction of sp³-hybridized carbons (Fsp3) is 0.455. The molecule has 1 amide bonds. The quantitative estimate of drug-likeness (QED) is 0.527. The minimum absolute atomic E-state index is 0.128. The fourth-order valence-electron chi connectivity index (χ4n) is 4.36. The van der Waals surface area contributed by atoms with Gasteiger partial charge in [-0.15, -0.1) is 5.10 Å². The molecule has 1 N–H and O–H groups in total. The monoisotopic (exact) mass is 472 g/mol. The number of cyclic esters (lactones) is 1. The van der Waals surface area contributed by atoms with Gasteiger partial charge in [0.25, 0.3) is 5.88 Å². The Labute approximate surface area is 194 Å². The van der Waals surface area contributed by atoms with E-state index in [1.165, 1.54) is 23.3 Å². The van der Waals surface area contributed by atoms with Crippen LogP contribution in [0.4, 0.5) is 14.9 Å². The van der Waals surface area contributed by atoms with E-state index in [-0.39, 0.29) is 24.9 Å². The first-order valence-electron chi connectivity index (χ1n) is 11.2. The molecule has 12 heteroatoms. The van der Waals surface area contributed by atoms with E-state index in [1.807, 2.05) is 4.90 Å². The smallest absolute Gasteiger partial charge is 0.413 e. The molecule has 3 aromatic rings. The van der Waals surface area contributed by atoms with E-state index in [0.717, 1.165) is 19.4 Å². The second-order valence-corrected chi connectivity index (χ2v) is 8.35. The number of aliphatic hydroxyl groups is 1. The zero-order valence-electron chi connectivity index (χ0n) is 18.4. The van der Waals surface area contributed by atoms with Crippen LogP contribution in [0.3, 0.4) is 0 Å². The number of nitrogens with zero attached hydrogens (tertiary/aromatic N) is 6. The molecule has 0 bridgehead atoms. The molecule has 2 aliphatic heterocycles. The zero-order chi connectivity index (χ0) is 23.5. The Morgan fingerprint density at radius 2 is 2.09 bits per heavy atom. The number of hydrogen-bond acceptors (Lipinski definition) is 9. The van der Waals surface area contributed by atoms with Crippen LogP contribution in [0.5, 0.6) is 5.88 Å². The van der Waals surface area contributed by atoms with Crippen molar-refractivity contribution < 1.29 is 28.3 Å². The van der Waals surface area contributed by atoms with Crippen molar-refractivity contribution in [2.75, 3.05) is 31.1 Å². The van der Waals surface area contributed by atoms with Gasteiger partial charge in [0.15, 0.2) is 0 Å². The summed E-state index contributed by atoms with van der Waals surface area (Å²) in [6, 6.07) is 6.39. The van der Waals surface area contributed by atoms with Crippen LogP contribution >= 0.6 is 0 Å². The number of rotatable bonds is 8. The predicted octanol–water partition coefficient (Wildman–Crippen LogP) is 2.34. The summed E-state index contributed by atoms with van der Waals surface area (Å²) >= 11 is 0. The lowest BCUT2D eigenvalue weighted by Gasteiger charge is -2.34. The number of halogens is 1. The van der Waals surface area contributed by atoms with Gasteiger partial charge in [0.05, 0.1) is 25.0 Å². The van der Waals surface area contributed by atoms with Gasteiger partial charge in [0, 0.05) is 31.3 Å². The molecule has 0 spiro atoms. The highest BCUT2D eigenvalue weighted by Crippen LogP contribution is 2.32. The van der Waals surface area contributed by atoms with E-state index in [9.17, 15) is 4.79 Å². The third-order valence-electron chi connectivity index (χ3n) is 6.13. The Balaban J connectivity index is 1.26. The highest BCUT2D eigenvalue weighted by molar-refractivity contribution is 5.70. The molecule has 0 radical (unpaired) electrons. The molecular formula is C22H25FN6O5. The zero-order valence-corrected chi connectivity index (χ0v) is 18.4. The van der Waals surface area contributed by atoms with E-state index in [4.69, 9.17) is 19.1 Å². The molecule has 2 saturated heterocycles. The molecule has 2 aliphatic rings. The van der Waals surface area contributed by atoms with Crippen molar-refractivity contribution in [3.63, 3.8) is 0 Å². The van der Waals surface area contributed by atoms with Crippen molar-refractivity contribution in [2.45, 2.75) is 32.2 Å². The number of piperidine rings is 1. The van der Waals surface area contributed by atoms with E-state index in [0.29, 0.717) is 42.5 Å². The first-order valence-corrected chi connectivity index (χ1v) is 11.2. The van der Waals surface area contributed by atoms with Crippen LogP contribution in [0.1, 0.15) is 30.3 Å². The Morgan fingerprint density at radius 3 is 2.74 bits per heavy atom. The van der Waals surface area contributed by atoms with Gasteiger partial charge in [-0.05, 0) is 36.0 Å². The van der Waals surface area contributed by atoms with E-state index >= 15 is 4.39 Å². The molecule has 180 valence electrons. The van der Waals surface area contributed by atoms with Crippen LogP contribution in [0.2, 0.25) is 0 Å². The van der Waals surface area contributed by atoms with Gasteiger partial charge in [-0.3, -0.25) is 9.58 Å². The largest absolute Gasteiger partial charge is 0.447 e. The van der Waals surface area contributed by atoms with Gasteiger partial charge in [-0.25, -0.2) is 9.18 Å². The summed E-state index contributed by atoms with van der Waals surface area (Å²) in [6.45, 7) is 2.57. The van der Waals surface area contributed by atoms with Crippen LogP contribution < -0.4 is 9.64 Å². The van der Waals surface area contributed by atoms with E-state index < -0.39 is 12.3 Å². The summed E-state index contributed by atoms with van der Waals surface area (Å²) in [5.74, 6) is 0.198. The Morgan fingerprint density at radius 1 is 1.24 bits per heavy atom. The molecule has 2 fully saturated rings. The third kappa shape index (κ3) is 4.67. The van der Waals surface area contributed by atoms with Gasteiger partial charge >= 0.3 is 6.09 Å². The SMILES string of the molecule is O=C1OCCN1[C@H](Oc1ccon1)c1ccc(N2CCC(Cn3cc(CO)nn3)CC2)c(F)c1. The number of carbonyl (C=O) groups excluding carboxylic acids is 1. The lowest BCUT2D eigenvalue weighted by molar-refractivity contribution is 0.0499. The summed E-state index contributed by atoms with van der Waals surface area (Å²) in [7, 11) is 0. The topological polar surface area (TPSA) is 119 Å². The van der Waals surface area contributed by atoms with Crippen LogP contribution in [-0.2, 0) is 17.9 Å². The molecule has 34 heavy (non-hydrogen) atoms. The number of benzene rings is 1. The summed E-state index contributed by atoms with van der Waals surface area (Å²) in [5, 5.41) is 20.8. The number of ether oxygens (including phenoxy) is 2. The standard InChI is InChI=1S/C22H25FN6O5/c23-18-11-16(21(29-8-10-32-22(29)31)34-20-5-9-33-25-20)1-2-19(18)27-6-3-15(4-7-27)12-28-13-17(14-30)24-26-28/h1-2,5,9,11,13,15,21,30H,3-4,6-8,10,12,14H2/t21-/m1/s1. The van der Waals surface area contributed by atoms with Crippen LogP contribution in [-0.4, -0.2) is 62.5 Å². The van der Waals surface area contributed by atoms with Gasteiger partial charge in [-0.1, -0.05) is 11.3 Å².